The molecule has 2 aromatic rings. The minimum Gasteiger partial charge on any atom is -0.197 e. The number of rotatable bonds is 4. The molecule has 2 rings (SSSR count). The smallest absolute Gasteiger partial charge is 0.0501 e. The largest absolute Gasteiger partial charge is 0.197 e. The van der Waals surface area contributed by atoms with E-state index in [1.165, 1.54) is 31.2 Å². The maximum Gasteiger partial charge on any atom is 0.0501 e. The molecule has 1 aromatic heterocycles. The molecule has 0 spiro atoms. The standard InChI is InChI=1S/C16H18N2/c1-2-3-4-6-15-7-9-16(10-8-15)11-14-18-13-5-12-17-18/h5,7-10,12-13H,2-4,6H2,1H3. The molecule has 1 aromatic carbocycles. The van der Waals surface area contributed by atoms with E-state index < -0.39 is 0 Å². The molecule has 0 atom stereocenters. The van der Waals surface area contributed by atoms with Crippen LogP contribution in [0.4, 0.5) is 0 Å². The summed E-state index contributed by atoms with van der Waals surface area (Å²) < 4.78 is 1.62. The zero-order valence-corrected chi connectivity index (χ0v) is 10.8. The number of nitrogens with zero attached hydrogens (tertiary/aromatic N) is 2. The van der Waals surface area contributed by atoms with E-state index in [2.05, 4.69) is 48.3 Å². The van der Waals surface area contributed by atoms with Crippen LogP contribution in [0.5, 0.6) is 0 Å². The molecule has 0 saturated heterocycles. The Morgan fingerprint density at radius 3 is 2.67 bits per heavy atom. The fourth-order valence-corrected chi connectivity index (χ4v) is 1.79. The van der Waals surface area contributed by atoms with Crippen LogP contribution in [0, 0.1) is 12.0 Å². The average Bonchev–Trinajstić information content (AvgIpc) is 2.91. The molecule has 0 saturated carbocycles. The second-order valence-corrected chi connectivity index (χ2v) is 4.34. The molecule has 92 valence electrons. The van der Waals surface area contributed by atoms with E-state index in [4.69, 9.17) is 0 Å². The highest BCUT2D eigenvalue weighted by Gasteiger charge is 1.93. The Bertz CT molecular complexity index is 512. The van der Waals surface area contributed by atoms with Crippen LogP contribution in [0.25, 0.3) is 0 Å². The van der Waals surface area contributed by atoms with Gasteiger partial charge < -0.3 is 0 Å². The Kier molecular flexibility index (Phi) is 4.60. The number of hydrogen-bond acceptors (Lipinski definition) is 1. The van der Waals surface area contributed by atoms with E-state index in [-0.39, 0.29) is 0 Å². The van der Waals surface area contributed by atoms with Gasteiger partial charge in [-0.25, -0.2) is 0 Å². The number of hydrogen-bond donors (Lipinski definition) is 0. The third-order valence-electron chi connectivity index (χ3n) is 2.84. The molecule has 0 aliphatic carbocycles. The van der Waals surface area contributed by atoms with Gasteiger partial charge in [0.25, 0.3) is 0 Å². The van der Waals surface area contributed by atoms with Crippen LogP contribution < -0.4 is 0 Å². The van der Waals surface area contributed by atoms with E-state index in [1.807, 2.05) is 12.3 Å². The minimum absolute atomic E-state index is 1.03. The van der Waals surface area contributed by atoms with Gasteiger partial charge in [0.2, 0.25) is 0 Å². The van der Waals surface area contributed by atoms with Crippen molar-refractivity contribution < 1.29 is 0 Å². The minimum atomic E-state index is 1.03. The molecule has 18 heavy (non-hydrogen) atoms. The van der Waals surface area contributed by atoms with Gasteiger partial charge in [0, 0.05) is 17.8 Å². The maximum absolute atomic E-state index is 4.04. The van der Waals surface area contributed by atoms with Crippen molar-refractivity contribution in [2.75, 3.05) is 0 Å². The van der Waals surface area contributed by atoms with Gasteiger partial charge in [0.15, 0.2) is 0 Å². The number of benzene rings is 1. The molecular weight excluding hydrogens is 220 g/mol. The summed E-state index contributed by atoms with van der Waals surface area (Å²) in [5.41, 5.74) is 2.43. The van der Waals surface area contributed by atoms with Crippen LogP contribution in [0.2, 0.25) is 0 Å². The third-order valence-corrected chi connectivity index (χ3v) is 2.84. The summed E-state index contributed by atoms with van der Waals surface area (Å²) in [6.45, 7) is 2.23. The topological polar surface area (TPSA) is 17.8 Å². The SMILES string of the molecule is CCCCCc1ccc(C#Cn2cccn2)cc1. The monoisotopic (exact) mass is 238 g/mol. The molecule has 0 fully saturated rings. The first-order valence-corrected chi connectivity index (χ1v) is 6.49. The Morgan fingerprint density at radius 1 is 1.17 bits per heavy atom. The van der Waals surface area contributed by atoms with Crippen molar-refractivity contribution in [1.29, 1.82) is 0 Å². The van der Waals surface area contributed by atoms with Gasteiger partial charge in [0.05, 0.1) is 6.20 Å². The van der Waals surface area contributed by atoms with E-state index in [0.29, 0.717) is 0 Å². The molecule has 0 aliphatic heterocycles. The van der Waals surface area contributed by atoms with Crippen molar-refractivity contribution in [1.82, 2.24) is 9.78 Å². The highest BCUT2D eigenvalue weighted by molar-refractivity contribution is 5.36. The molecule has 2 nitrogen and oxygen atoms in total. The molecule has 0 aliphatic rings. The Labute approximate surface area is 109 Å². The van der Waals surface area contributed by atoms with Gasteiger partial charge in [-0.3, -0.25) is 0 Å². The molecule has 0 N–H and O–H groups in total. The lowest BCUT2D eigenvalue weighted by molar-refractivity contribution is 0.717. The van der Waals surface area contributed by atoms with E-state index in [1.54, 1.807) is 10.9 Å². The first-order chi connectivity index (χ1) is 8.88. The van der Waals surface area contributed by atoms with Crippen molar-refractivity contribution in [2.24, 2.45) is 0 Å². The lowest BCUT2D eigenvalue weighted by atomic mass is 10.1. The first kappa shape index (κ1) is 12.4. The Morgan fingerprint density at radius 2 is 2.00 bits per heavy atom. The van der Waals surface area contributed by atoms with Gasteiger partial charge in [-0.05, 0) is 42.5 Å². The van der Waals surface area contributed by atoms with E-state index in [9.17, 15) is 0 Å². The van der Waals surface area contributed by atoms with Crippen molar-refractivity contribution in [3.05, 3.63) is 53.9 Å². The zero-order chi connectivity index (χ0) is 12.6. The second-order valence-electron chi connectivity index (χ2n) is 4.34. The predicted octanol–water partition coefficient (Wildman–Crippen LogP) is 3.47. The van der Waals surface area contributed by atoms with Crippen molar-refractivity contribution in [2.45, 2.75) is 32.6 Å². The van der Waals surface area contributed by atoms with E-state index >= 15 is 0 Å². The van der Waals surface area contributed by atoms with Crippen LogP contribution in [0.1, 0.15) is 37.3 Å². The molecular formula is C16H18N2. The summed E-state index contributed by atoms with van der Waals surface area (Å²) in [6.07, 6.45) is 8.58. The molecule has 1 heterocycles. The van der Waals surface area contributed by atoms with Gasteiger partial charge in [-0.15, -0.1) is 0 Å². The van der Waals surface area contributed by atoms with Crippen molar-refractivity contribution >= 4 is 0 Å². The highest BCUT2D eigenvalue weighted by Crippen LogP contribution is 2.08. The van der Waals surface area contributed by atoms with Crippen LogP contribution >= 0.6 is 0 Å². The van der Waals surface area contributed by atoms with Gasteiger partial charge >= 0.3 is 0 Å². The van der Waals surface area contributed by atoms with Gasteiger partial charge in [-0.1, -0.05) is 31.9 Å². The summed E-state index contributed by atoms with van der Waals surface area (Å²) >= 11 is 0. The fraction of sp³-hybridized carbons (Fsp3) is 0.312. The highest BCUT2D eigenvalue weighted by atomic mass is 15.2. The van der Waals surface area contributed by atoms with Crippen LogP contribution in [0.3, 0.4) is 0 Å². The fourth-order valence-electron chi connectivity index (χ4n) is 1.79. The van der Waals surface area contributed by atoms with Gasteiger partial charge in [-0.2, -0.15) is 9.78 Å². The quantitative estimate of drug-likeness (QED) is 0.589. The first-order valence-electron chi connectivity index (χ1n) is 6.49. The normalized spacial score (nSPS) is 9.83. The molecule has 0 radical (unpaired) electrons. The molecule has 2 heteroatoms. The molecule has 0 amide bonds. The summed E-state index contributed by atoms with van der Waals surface area (Å²) in [5, 5.41) is 4.04. The summed E-state index contributed by atoms with van der Waals surface area (Å²) in [6, 6.07) is 13.3. The zero-order valence-electron chi connectivity index (χ0n) is 10.8. The average molecular weight is 238 g/mol. The third kappa shape index (κ3) is 3.78. The molecule has 0 bridgehead atoms. The number of aryl methyl sites for hydroxylation is 1. The molecule has 0 unspecified atom stereocenters. The summed E-state index contributed by atoms with van der Waals surface area (Å²) in [5.74, 6) is 3.09. The van der Waals surface area contributed by atoms with Crippen molar-refractivity contribution in [3.63, 3.8) is 0 Å². The number of unbranched alkanes of at least 4 members (excludes halogenated alkanes) is 2. The summed E-state index contributed by atoms with van der Waals surface area (Å²) in [7, 11) is 0. The van der Waals surface area contributed by atoms with Crippen LogP contribution in [-0.4, -0.2) is 9.78 Å². The maximum atomic E-state index is 4.04. The second kappa shape index (κ2) is 6.66. The van der Waals surface area contributed by atoms with Crippen LogP contribution in [0.15, 0.2) is 42.7 Å². The van der Waals surface area contributed by atoms with Crippen LogP contribution in [-0.2, 0) is 6.42 Å². The lowest BCUT2D eigenvalue weighted by Crippen LogP contribution is -1.88. The van der Waals surface area contributed by atoms with E-state index in [0.717, 1.165) is 5.56 Å². The van der Waals surface area contributed by atoms with Crippen molar-refractivity contribution in [3.8, 4) is 12.0 Å². The summed E-state index contributed by atoms with van der Waals surface area (Å²) in [4.78, 5) is 0. The Hall–Kier alpha value is -2.01. The lowest BCUT2D eigenvalue weighted by Gasteiger charge is -2.00. The van der Waals surface area contributed by atoms with Gasteiger partial charge in [0.1, 0.15) is 0 Å². The Balaban J connectivity index is 1.95. The predicted molar refractivity (Wildman–Crippen MR) is 74.2 cm³/mol. The number of aromatic nitrogens is 2.